The molecule has 1 amide bonds. The van der Waals surface area contributed by atoms with Gasteiger partial charge in [-0.15, -0.1) is 0 Å². The topological polar surface area (TPSA) is 29.1 Å². The Hall–Kier alpha value is -0.410. The average molecular weight is 513 g/mol. The van der Waals surface area contributed by atoms with Crippen LogP contribution in [-0.4, -0.2) is 11.8 Å². The van der Waals surface area contributed by atoms with Crippen molar-refractivity contribution < 1.29 is 50.8 Å². The third-order valence-corrected chi connectivity index (χ3v) is 23.6. The van der Waals surface area contributed by atoms with E-state index in [1.165, 1.54) is 41.5 Å². The molecule has 2 nitrogen and oxygen atoms in total. The van der Waals surface area contributed by atoms with Gasteiger partial charge in [-0.3, -0.25) is 0 Å². The Morgan fingerprint density at radius 3 is 1.89 bits per heavy atom. The quantitative estimate of drug-likeness (QED) is 0.523. The largest absolute Gasteiger partial charge is 1.00 e. The van der Waals surface area contributed by atoms with Crippen LogP contribution in [0.1, 0.15) is 46.9 Å². The molecule has 6 heteroatoms. The molecule has 2 aromatic carbocycles. The first-order chi connectivity index (χ1) is 12.7. The van der Waals surface area contributed by atoms with Gasteiger partial charge < -0.3 is 24.8 Å². The molecule has 149 valence electrons. The van der Waals surface area contributed by atoms with E-state index in [-0.39, 0.29) is 30.7 Å². The fourth-order valence-corrected chi connectivity index (χ4v) is 20.1. The molecule has 1 saturated carbocycles. The normalized spacial score (nSPS) is 15.8. The minimum absolute atomic E-state index is 0. The molecule has 0 aliphatic heterocycles. The molecular weight excluding hydrogens is 484 g/mol. The van der Waals surface area contributed by atoms with Crippen LogP contribution in [0, 0.1) is 5.92 Å². The van der Waals surface area contributed by atoms with E-state index in [2.05, 4.69) is 64.9 Å². The summed E-state index contributed by atoms with van der Waals surface area (Å²) in [6.45, 7) is 4.92. The van der Waals surface area contributed by atoms with Crippen molar-refractivity contribution in [2.75, 3.05) is 0 Å². The van der Waals surface area contributed by atoms with Gasteiger partial charge in [-0.25, -0.2) is 0 Å². The summed E-state index contributed by atoms with van der Waals surface area (Å²) in [6, 6.07) is 17.8. The second-order valence-electron chi connectivity index (χ2n) is 8.04. The van der Waals surface area contributed by atoms with Crippen LogP contribution < -0.4 is 28.1 Å². The molecule has 2 aliphatic rings. The van der Waals surface area contributed by atoms with Crippen molar-refractivity contribution in [3.05, 3.63) is 59.7 Å². The number of halogens is 2. The van der Waals surface area contributed by atoms with Crippen molar-refractivity contribution in [1.29, 1.82) is 0 Å². The van der Waals surface area contributed by atoms with Crippen LogP contribution in [-0.2, 0) is 26.0 Å². The van der Waals surface area contributed by atoms with Crippen molar-refractivity contribution in [3.63, 3.8) is 0 Å². The molecule has 2 aromatic rings. The van der Waals surface area contributed by atoms with Crippen LogP contribution in [0.2, 0.25) is 13.1 Å². The molecule has 0 spiro atoms. The summed E-state index contributed by atoms with van der Waals surface area (Å²) in [5.41, 5.74) is 5.75. The van der Waals surface area contributed by atoms with Crippen molar-refractivity contribution in [1.82, 2.24) is 3.26 Å². The van der Waals surface area contributed by atoms with E-state index in [4.69, 9.17) is 0 Å². The molecule has 0 saturated heterocycles. The minimum atomic E-state index is -2.13. The first kappa shape index (κ1) is 23.9. The van der Waals surface area contributed by atoms with Crippen molar-refractivity contribution in [2.45, 2.75) is 48.8 Å². The Morgan fingerprint density at radius 2 is 1.39 bits per heavy atom. The number of benzene rings is 2. The zero-order chi connectivity index (χ0) is 18.1. The molecule has 0 radical (unpaired) electrons. The summed E-state index contributed by atoms with van der Waals surface area (Å²) in [5, 5.41) is 0. The number of nitrogens with one attached hydrogen (secondary N) is 1. The maximum Gasteiger partial charge on any atom is -1.00 e. The number of hydrogen-bond donors (Lipinski definition) is 1. The first-order valence-electron chi connectivity index (χ1n) is 10.0. The smallest absolute Gasteiger partial charge is 1.00 e. The average Bonchev–Trinajstić information content (AvgIpc) is 3.01. The van der Waals surface area contributed by atoms with Crippen molar-refractivity contribution in [2.24, 2.45) is 5.92 Å². The monoisotopic (exact) mass is 510 g/mol. The zero-order valence-electron chi connectivity index (χ0n) is 16.6. The molecule has 1 fully saturated rings. The maximum absolute atomic E-state index is 13.1. The zero-order valence-corrected chi connectivity index (χ0v) is 21.7. The number of hydrogen-bond acceptors (Lipinski definition) is 1. The number of amides is 1. The molecule has 0 unspecified atom stereocenters. The van der Waals surface area contributed by atoms with Gasteiger partial charge in [0.25, 0.3) is 0 Å². The first-order valence-corrected chi connectivity index (χ1v) is 19.8. The van der Waals surface area contributed by atoms with Gasteiger partial charge >= 0.3 is 167 Å². The molecule has 0 aromatic heterocycles. The summed E-state index contributed by atoms with van der Waals surface area (Å²) in [6.07, 6.45) is 5.95. The standard InChI is InChI=1S/C13H9.C7H13NO.C2H7Si.2ClH.Zr/c1-3-7-12-10(5-1)9-11-6-2-4-8-13(11)12;8-7(9)6-4-2-1-3-5-6;1-3-2;;;/h1-9H;6H,1-5H2,(H2,8,9);3H,1-2H3;2*1H;/q;;;;;+3/p-3. The predicted octanol–water partition coefficient (Wildman–Crippen LogP) is -1.02. The van der Waals surface area contributed by atoms with E-state index < -0.39 is 27.1 Å². The van der Waals surface area contributed by atoms with E-state index in [9.17, 15) is 4.79 Å². The van der Waals surface area contributed by atoms with Gasteiger partial charge in [0.1, 0.15) is 0 Å². The maximum atomic E-state index is 13.1. The number of carbonyl (C=O) groups is 1. The fourth-order valence-electron chi connectivity index (χ4n) is 4.65. The van der Waals surface area contributed by atoms with Gasteiger partial charge in [-0.2, -0.15) is 0 Å². The summed E-state index contributed by atoms with van der Waals surface area (Å²) in [5.74, 6) is -0.234. The third-order valence-electron chi connectivity index (χ3n) is 6.01. The van der Waals surface area contributed by atoms with Crippen LogP contribution in [0.25, 0.3) is 11.1 Å². The van der Waals surface area contributed by atoms with Gasteiger partial charge in [0.2, 0.25) is 0 Å². The molecular formula is C22H28Cl2NOSiZr. The van der Waals surface area contributed by atoms with Gasteiger partial charge in [0.15, 0.2) is 0 Å². The van der Waals surface area contributed by atoms with E-state index in [1.54, 1.807) is 0 Å². The second kappa shape index (κ2) is 10.6. The van der Waals surface area contributed by atoms with Crippen molar-refractivity contribution >= 4 is 11.8 Å². The second-order valence-corrected chi connectivity index (χ2v) is 26.8. The van der Waals surface area contributed by atoms with Crippen LogP contribution in [0.3, 0.4) is 0 Å². The van der Waals surface area contributed by atoms with Gasteiger partial charge in [-0.1, -0.05) is 0 Å². The van der Waals surface area contributed by atoms with Crippen LogP contribution in [0.4, 0.5) is 0 Å². The Bertz CT molecular complexity index is 765. The van der Waals surface area contributed by atoms with Gasteiger partial charge in [-0.05, 0) is 0 Å². The van der Waals surface area contributed by atoms with Gasteiger partial charge in [0, 0.05) is 0 Å². The Kier molecular flexibility index (Phi) is 9.01. The molecule has 0 heterocycles. The molecule has 2 aliphatic carbocycles. The van der Waals surface area contributed by atoms with E-state index in [0.717, 1.165) is 12.8 Å². The predicted molar refractivity (Wildman–Crippen MR) is 107 cm³/mol. The van der Waals surface area contributed by atoms with E-state index in [0.29, 0.717) is 9.53 Å². The minimum Gasteiger partial charge on any atom is -1.00 e. The molecule has 0 bridgehead atoms. The Labute approximate surface area is 190 Å². The molecule has 28 heavy (non-hydrogen) atoms. The Balaban J connectivity index is 0.00000140. The summed E-state index contributed by atoms with van der Waals surface area (Å²) >= 11 is -2.13. The number of fused-ring (bicyclic) bond motifs is 3. The number of carbonyl (C=O) groups excluding carboxylic acids is 1. The van der Waals surface area contributed by atoms with Crippen LogP contribution in [0.5, 0.6) is 0 Å². The summed E-state index contributed by atoms with van der Waals surface area (Å²) < 4.78 is 4.23. The summed E-state index contributed by atoms with van der Waals surface area (Å²) in [4.78, 5) is 13.1. The van der Waals surface area contributed by atoms with Crippen LogP contribution >= 0.6 is 0 Å². The summed E-state index contributed by atoms with van der Waals surface area (Å²) in [7, 11) is 0. The third kappa shape index (κ3) is 4.67. The number of rotatable bonds is 4. The SMILES string of the molecule is C[SiH](C)[Zr+2]([NH]C(=O)C1CCCCC1)[CH]1c2ccccc2-c2ccccc21.[Cl-].[Cl-]. The fraction of sp³-hybridized carbons (Fsp3) is 0.409. The van der Waals surface area contributed by atoms with Crippen LogP contribution in [0.15, 0.2) is 48.5 Å². The van der Waals surface area contributed by atoms with E-state index >= 15 is 0 Å². The molecule has 0 atom stereocenters. The van der Waals surface area contributed by atoms with Gasteiger partial charge in [0.05, 0.1) is 0 Å². The molecule has 4 rings (SSSR count). The Morgan fingerprint density at radius 1 is 0.893 bits per heavy atom. The van der Waals surface area contributed by atoms with Crippen molar-refractivity contribution in [3.8, 4) is 11.1 Å². The molecule has 1 N–H and O–H groups in total. The van der Waals surface area contributed by atoms with E-state index in [1.807, 2.05) is 0 Å².